The van der Waals surface area contributed by atoms with Gasteiger partial charge in [-0.2, -0.15) is 0 Å². The Labute approximate surface area is 186 Å². The molecule has 31 heavy (non-hydrogen) atoms. The third-order valence-electron chi connectivity index (χ3n) is 10.2. The summed E-state index contributed by atoms with van der Waals surface area (Å²) in [6.45, 7) is 4.68. The van der Waals surface area contributed by atoms with E-state index in [1.807, 2.05) is 6.07 Å². The summed E-state index contributed by atoms with van der Waals surface area (Å²) < 4.78 is 28.5. The van der Waals surface area contributed by atoms with Crippen LogP contribution in [-0.2, 0) is 11.3 Å². The molecule has 4 aliphatic carbocycles. The number of hydrogen-bond donors (Lipinski definition) is 3. The van der Waals surface area contributed by atoms with Crippen LogP contribution in [0.4, 0.5) is 0 Å². The molecule has 1 unspecified atom stereocenters. The van der Waals surface area contributed by atoms with Crippen LogP contribution in [0.2, 0.25) is 0 Å². The lowest BCUT2D eigenvalue weighted by atomic mass is 9.43. The van der Waals surface area contributed by atoms with Crippen LogP contribution < -0.4 is 10.3 Å². The average molecular weight is 450 g/mol. The van der Waals surface area contributed by atoms with Crippen molar-refractivity contribution in [2.75, 3.05) is 0 Å². The first-order valence-corrected chi connectivity index (χ1v) is 13.0. The van der Waals surface area contributed by atoms with E-state index in [1.54, 1.807) is 6.26 Å². The molecule has 1 heterocycles. The minimum atomic E-state index is -1.95. The summed E-state index contributed by atoms with van der Waals surface area (Å²) in [7, 11) is 0. The maximum Gasteiger partial charge on any atom is 0.335 e. The quantitative estimate of drug-likeness (QED) is 0.606. The first-order valence-electron chi connectivity index (χ1n) is 11.9. The maximum atomic E-state index is 12.2. The Morgan fingerprint density at radius 3 is 2.58 bits per heavy atom. The van der Waals surface area contributed by atoms with Gasteiger partial charge in [0.05, 0.1) is 11.9 Å². The minimum Gasteiger partial charge on any atom is -0.431 e. The average Bonchev–Trinajstić information content (AvgIpc) is 3.00. The Balaban J connectivity index is 1.41. The van der Waals surface area contributed by atoms with Crippen molar-refractivity contribution in [3.05, 3.63) is 34.4 Å². The highest BCUT2D eigenvalue weighted by molar-refractivity contribution is 7.77. The molecule has 0 radical (unpaired) electrons. The molecule has 9 atom stereocenters. The van der Waals surface area contributed by atoms with Crippen molar-refractivity contribution in [1.82, 2.24) is 4.72 Å². The number of rotatable bonds is 3. The standard InChI is InChI=1S/C24H35NO5S/c1-22-10-7-17(25-31(28)29)13-16(22)4-5-20-19(22)8-11-23(2)18(9-12-24(20,23)27)15-3-6-21(26)30-14-15/h3,6,14,16-20,25,27H,4-5,7-13H2,1-2H3,(H,28,29)/t16-,17+,18-,19+,20-,22+,23-,24+/m1/s1. The fraction of sp³-hybridized carbons (Fsp3) is 0.792. The SMILES string of the molecule is C[C@]12CC[C@H](NS(=O)O)C[C@H]1CC[C@@H]1[C@@H]2CC[C@]2(C)[C@@H](c3ccc(=O)oc3)CC[C@]12O. The molecule has 5 rings (SSSR count). The molecule has 7 heteroatoms. The molecule has 1 aromatic rings. The van der Waals surface area contributed by atoms with E-state index in [9.17, 15) is 18.7 Å². The van der Waals surface area contributed by atoms with Gasteiger partial charge in [-0.3, -0.25) is 4.55 Å². The molecule has 172 valence electrons. The number of aliphatic hydroxyl groups is 1. The van der Waals surface area contributed by atoms with Gasteiger partial charge >= 0.3 is 5.63 Å². The molecule has 4 saturated carbocycles. The molecular weight excluding hydrogens is 414 g/mol. The zero-order chi connectivity index (χ0) is 22.0. The van der Waals surface area contributed by atoms with Crippen molar-refractivity contribution in [2.24, 2.45) is 28.6 Å². The van der Waals surface area contributed by atoms with E-state index in [0.717, 1.165) is 63.4 Å². The number of nitrogens with one attached hydrogen (secondary N) is 1. The van der Waals surface area contributed by atoms with E-state index < -0.39 is 16.9 Å². The van der Waals surface area contributed by atoms with Crippen LogP contribution in [0.3, 0.4) is 0 Å². The van der Waals surface area contributed by atoms with E-state index in [1.165, 1.54) is 6.07 Å². The lowest BCUT2D eigenvalue weighted by Crippen LogP contribution is -2.62. The second kappa shape index (κ2) is 7.51. The summed E-state index contributed by atoms with van der Waals surface area (Å²) in [6.07, 6.45) is 10.5. The van der Waals surface area contributed by atoms with Gasteiger partial charge in [-0.15, -0.1) is 0 Å². The summed E-state index contributed by atoms with van der Waals surface area (Å²) in [6, 6.07) is 3.50. The van der Waals surface area contributed by atoms with Gasteiger partial charge in [0.2, 0.25) is 11.3 Å². The molecule has 0 aromatic carbocycles. The number of fused-ring (bicyclic) bond motifs is 5. The van der Waals surface area contributed by atoms with E-state index >= 15 is 0 Å². The monoisotopic (exact) mass is 449 g/mol. The van der Waals surface area contributed by atoms with Crippen molar-refractivity contribution < 1.29 is 18.3 Å². The molecule has 1 aromatic heterocycles. The lowest BCUT2D eigenvalue weighted by Gasteiger charge is -2.63. The highest BCUT2D eigenvalue weighted by Gasteiger charge is 2.67. The molecule has 0 amide bonds. The zero-order valence-electron chi connectivity index (χ0n) is 18.5. The maximum absolute atomic E-state index is 12.2. The van der Waals surface area contributed by atoms with Gasteiger partial charge in [-0.25, -0.2) is 13.7 Å². The Kier molecular flexibility index (Phi) is 5.28. The van der Waals surface area contributed by atoms with Crippen LogP contribution in [0.5, 0.6) is 0 Å². The highest BCUT2D eigenvalue weighted by Crippen LogP contribution is 2.70. The van der Waals surface area contributed by atoms with Crippen molar-refractivity contribution >= 4 is 11.3 Å². The lowest BCUT2D eigenvalue weighted by molar-refractivity contribution is -0.201. The van der Waals surface area contributed by atoms with Crippen LogP contribution in [0, 0.1) is 28.6 Å². The second-order valence-electron chi connectivity index (χ2n) is 11.2. The Morgan fingerprint density at radius 1 is 1.06 bits per heavy atom. The first-order chi connectivity index (χ1) is 14.7. The van der Waals surface area contributed by atoms with Crippen molar-refractivity contribution in [3.8, 4) is 0 Å². The molecule has 0 spiro atoms. The molecule has 0 saturated heterocycles. The summed E-state index contributed by atoms with van der Waals surface area (Å²) >= 11 is -1.95. The van der Waals surface area contributed by atoms with Crippen molar-refractivity contribution in [3.63, 3.8) is 0 Å². The predicted molar refractivity (Wildman–Crippen MR) is 119 cm³/mol. The van der Waals surface area contributed by atoms with Crippen LogP contribution in [0.15, 0.2) is 27.6 Å². The van der Waals surface area contributed by atoms with E-state index in [-0.39, 0.29) is 28.4 Å². The molecule has 4 fully saturated rings. The van der Waals surface area contributed by atoms with Gasteiger partial charge in [0.1, 0.15) is 0 Å². The van der Waals surface area contributed by atoms with E-state index in [2.05, 4.69) is 18.6 Å². The fourth-order valence-corrected chi connectivity index (χ4v) is 9.08. The highest BCUT2D eigenvalue weighted by atomic mass is 32.2. The third-order valence-corrected chi connectivity index (χ3v) is 10.8. The fourth-order valence-electron chi connectivity index (χ4n) is 8.58. The van der Waals surface area contributed by atoms with Crippen LogP contribution >= 0.6 is 0 Å². The Bertz CT molecular complexity index is 914. The summed E-state index contributed by atoms with van der Waals surface area (Å²) in [5, 5.41) is 12.2. The van der Waals surface area contributed by atoms with E-state index in [0.29, 0.717) is 17.8 Å². The van der Waals surface area contributed by atoms with Gasteiger partial charge in [0.25, 0.3) is 0 Å². The summed E-state index contributed by atoms with van der Waals surface area (Å²) in [5.41, 5.74) is 0.00960. The van der Waals surface area contributed by atoms with Crippen molar-refractivity contribution in [1.29, 1.82) is 0 Å². The van der Waals surface area contributed by atoms with Crippen LogP contribution in [0.1, 0.15) is 83.1 Å². The second-order valence-corrected chi connectivity index (χ2v) is 11.9. The third kappa shape index (κ3) is 3.22. The summed E-state index contributed by atoms with van der Waals surface area (Å²) in [4.78, 5) is 11.5. The van der Waals surface area contributed by atoms with Gasteiger partial charge in [0.15, 0.2) is 0 Å². The summed E-state index contributed by atoms with van der Waals surface area (Å²) in [5.74, 6) is 1.55. The topological polar surface area (TPSA) is 99.8 Å². The first kappa shape index (κ1) is 21.8. The van der Waals surface area contributed by atoms with Gasteiger partial charge < -0.3 is 9.52 Å². The van der Waals surface area contributed by atoms with Crippen molar-refractivity contribution in [2.45, 2.75) is 89.2 Å². The zero-order valence-corrected chi connectivity index (χ0v) is 19.3. The molecule has 0 aliphatic heterocycles. The molecule has 6 nitrogen and oxygen atoms in total. The molecule has 0 bridgehead atoms. The normalized spacial score (nSPS) is 47.8. The van der Waals surface area contributed by atoms with Crippen LogP contribution in [-0.4, -0.2) is 25.5 Å². The number of hydrogen-bond acceptors (Lipinski definition) is 4. The van der Waals surface area contributed by atoms with Gasteiger partial charge in [0, 0.05) is 17.5 Å². The van der Waals surface area contributed by atoms with E-state index in [4.69, 9.17) is 4.42 Å². The molecule has 3 N–H and O–H groups in total. The Morgan fingerprint density at radius 2 is 1.87 bits per heavy atom. The molecule has 4 aliphatic rings. The minimum absolute atomic E-state index is 0.112. The predicted octanol–water partition coefficient (Wildman–Crippen LogP) is 3.98. The molecular formula is C24H35NO5S. The Hall–Kier alpha value is -1.02. The largest absolute Gasteiger partial charge is 0.431 e. The smallest absolute Gasteiger partial charge is 0.335 e. The van der Waals surface area contributed by atoms with Crippen LogP contribution in [0.25, 0.3) is 0 Å². The van der Waals surface area contributed by atoms with Gasteiger partial charge in [-0.1, -0.05) is 13.8 Å². The van der Waals surface area contributed by atoms with Gasteiger partial charge in [-0.05, 0) is 98.5 Å².